The molecule has 0 aliphatic heterocycles. The predicted molar refractivity (Wildman–Crippen MR) is 74.6 cm³/mol. The van der Waals surface area contributed by atoms with Crippen LogP contribution in [0.25, 0.3) is 11.0 Å². The average molecular weight is 294 g/mol. The number of hydrogen-bond acceptors (Lipinski definition) is 2. The molecule has 0 aliphatic rings. The van der Waals surface area contributed by atoms with E-state index >= 15 is 0 Å². The quantitative estimate of drug-likeness (QED) is 0.784. The second-order valence-electron chi connectivity index (χ2n) is 4.38. The molecular formula is C14H10ClF2N3. The number of benzene rings is 2. The third-order valence-corrected chi connectivity index (χ3v) is 3.48. The van der Waals surface area contributed by atoms with Crippen molar-refractivity contribution in [3.63, 3.8) is 0 Å². The van der Waals surface area contributed by atoms with Crippen LogP contribution in [0, 0.1) is 11.6 Å². The molecule has 0 fully saturated rings. The molecule has 0 spiro atoms. The molecule has 3 aromatic rings. The normalized spacial score (nSPS) is 11.2. The van der Waals surface area contributed by atoms with Crippen molar-refractivity contribution in [3.05, 3.63) is 58.6 Å². The zero-order chi connectivity index (χ0) is 14.3. The first kappa shape index (κ1) is 12.9. The summed E-state index contributed by atoms with van der Waals surface area (Å²) in [5.74, 6) is -1.78. The Labute approximate surface area is 118 Å². The monoisotopic (exact) mass is 293 g/mol. The Balaban J connectivity index is 2.19. The fraction of sp³-hybridized carbons (Fsp3) is 0.0714. The van der Waals surface area contributed by atoms with E-state index in [1.54, 1.807) is 18.2 Å². The van der Waals surface area contributed by atoms with Crippen LogP contribution in [0.3, 0.4) is 0 Å². The third-order valence-electron chi connectivity index (χ3n) is 3.12. The van der Waals surface area contributed by atoms with Crippen molar-refractivity contribution in [3.8, 4) is 0 Å². The minimum absolute atomic E-state index is 0.0439. The molecule has 2 N–H and O–H groups in total. The van der Waals surface area contributed by atoms with Gasteiger partial charge < -0.3 is 10.3 Å². The van der Waals surface area contributed by atoms with Crippen LogP contribution in [0.4, 0.5) is 14.7 Å². The average Bonchev–Trinajstić information content (AvgIpc) is 2.74. The predicted octanol–water partition coefficient (Wildman–Crippen LogP) is 3.60. The van der Waals surface area contributed by atoms with Gasteiger partial charge in [0, 0.05) is 5.02 Å². The van der Waals surface area contributed by atoms with Gasteiger partial charge >= 0.3 is 0 Å². The molecule has 20 heavy (non-hydrogen) atoms. The van der Waals surface area contributed by atoms with E-state index in [0.717, 1.165) is 11.6 Å². The van der Waals surface area contributed by atoms with Gasteiger partial charge in [0.2, 0.25) is 5.95 Å². The van der Waals surface area contributed by atoms with Gasteiger partial charge in [0.1, 0.15) is 5.52 Å². The number of aromatic nitrogens is 2. The second kappa shape index (κ2) is 4.76. The van der Waals surface area contributed by atoms with Crippen LogP contribution in [0.15, 0.2) is 36.4 Å². The molecule has 1 aromatic heterocycles. The Kier molecular flexibility index (Phi) is 3.06. The molecule has 0 amide bonds. The molecule has 3 nitrogen and oxygen atoms in total. The molecule has 0 atom stereocenters. The lowest BCUT2D eigenvalue weighted by Crippen LogP contribution is -2.06. The Morgan fingerprint density at radius 3 is 2.65 bits per heavy atom. The highest BCUT2D eigenvalue weighted by atomic mass is 35.5. The van der Waals surface area contributed by atoms with E-state index in [1.165, 1.54) is 10.6 Å². The number of anilines is 1. The molecule has 102 valence electrons. The summed E-state index contributed by atoms with van der Waals surface area (Å²) >= 11 is 6.07. The van der Waals surface area contributed by atoms with E-state index < -0.39 is 11.6 Å². The number of fused-ring (bicyclic) bond motifs is 1. The van der Waals surface area contributed by atoms with E-state index in [4.69, 9.17) is 17.3 Å². The fourth-order valence-electron chi connectivity index (χ4n) is 2.13. The summed E-state index contributed by atoms with van der Waals surface area (Å²) in [7, 11) is 0. The van der Waals surface area contributed by atoms with Gasteiger partial charge in [-0.15, -0.1) is 0 Å². The zero-order valence-electron chi connectivity index (χ0n) is 10.3. The lowest BCUT2D eigenvalue weighted by molar-refractivity contribution is 0.512. The van der Waals surface area contributed by atoms with Crippen molar-refractivity contribution in [2.45, 2.75) is 6.54 Å². The Morgan fingerprint density at radius 2 is 1.90 bits per heavy atom. The number of rotatable bonds is 2. The van der Waals surface area contributed by atoms with Crippen LogP contribution in [-0.4, -0.2) is 9.55 Å². The van der Waals surface area contributed by atoms with E-state index in [-0.39, 0.29) is 18.0 Å². The minimum atomic E-state index is -0.959. The maximum atomic E-state index is 14.0. The number of nitrogen functional groups attached to an aromatic ring is 1. The van der Waals surface area contributed by atoms with Crippen molar-refractivity contribution >= 4 is 28.6 Å². The number of imidazole rings is 1. The summed E-state index contributed by atoms with van der Waals surface area (Å²) in [6.07, 6.45) is 0. The van der Waals surface area contributed by atoms with Crippen LogP contribution >= 0.6 is 11.6 Å². The summed E-state index contributed by atoms with van der Waals surface area (Å²) in [5, 5.41) is 0.533. The first-order chi connectivity index (χ1) is 9.58. The first-order valence-corrected chi connectivity index (χ1v) is 6.29. The van der Waals surface area contributed by atoms with Gasteiger partial charge in [0.05, 0.1) is 12.1 Å². The van der Waals surface area contributed by atoms with Crippen molar-refractivity contribution < 1.29 is 8.78 Å². The van der Waals surface area contributed by atoms with Crippen LogP contribution < -0.4 is 5.73 Å². The van der Waals surface area contributed by atoms with Gasteiger partial charge in [0.15, 0.2) is 11.6 Å². The largest absolute Gasteiger partial charge is 0.369 e. The minimum Gasteiger partial charge on any atom is -0.369 e. The standard InChI is InChI=1S/C14H10ClF2N3/c15-9-4-2-1-3-8(9)7-20-13-11(19-14(20)18)6-5-10(16)12(13)17/h1-6H,7H2,(H2,18,19). The maximum absolute atomic E-state index is 14.0. The van der Waals surface area contributed by atoms with E-state index in [1.807, 2.05) is 6.07 Å². The molecule has 0 radical (unpaired) electrons. The lowest BCUT2D eigenvalue weighted by Gasteiger charge is -2.09. The Bertz CT molecular complexity index is 798. The second-order valence-corrected chi connectivity index (χ2v) is 4.78. The van der Waals surface area contributed by atoms with Gasteiger partial charge in [-0.3, -0.25) is 0 Å². The Hall–Kier alpha value is -2.14. The maximum Gasteiger partial charge on any atom is 0.201 e. The van der Waals surface area contributed by atoms with E-state index in [9.17, 15) is 8.78 Å². The summed E-state index contributed by atoms with van der Waals surface area (Å²) in [4.78, 5) is 4.03. The van der Waals surface area contributed by atoms with Gasteiger partial charge in [-0.2, -0.15) is 0 Å². The third kappa shape index (κ3) is 2.00. The molecule has 0 saturated heterocycles. The van der Waals surface area contributed by atoms with Gasteiger partial charge in [0.25, 0.3) is 0 Å². The van der Waals surface area contributed by atoms with E-state index in [2.05, 4.69) is 4.98 Å². The van der Waals surface area contributed by atoms with Gasteiger partial charge in [-0.1, -0.05) is 29.8 Å². The topological polar surface area (TPSA) is 43.8 Å². The highest BCUT2D eigenvalue weighted by Gasteiger charge is 2.16. The van der Waals surface area contributed by atoms with Crippen molar-refractivity contribution in [1.29, 1.82) is 0 Å². The molecule has 3 rings (SSSR count). The Morgan fingerprint density at radius 1 is 1.15 bits per heavy atom. The fourth-order valence-corrected chi connectivity index (χ4v) is 2.33. The van der Waals surface area contributed by atoms with Crippen LogP contribution in [0.1, 0.15) is 5.56 Å². The number of halogens is 3. The number of hydrogen-bond donors (Lipinski definition) is 1. The van der Waals surface area contributed by atoms with Crippen molar-refractivity contribution in [2.75, 3.05) is 5.73 Å². The van der Waals surface area contributed by atoms with Crippen LogP contribution in [0.5, 0.6) is 0 Å². The smallest absolute Gasteiger partial charge is 0.201 e. The lowest BCUT2D eigenvalue weighted by atomic mass is 10.2. The molecule has 0 aliphatic carbocycles. The molecule has 6 heteroatoms. The van der Waals surface area contributed by atoms with Gasteiger partial charge in [-0.25, -0.2) is 13.8 Å². The highest BCUT2D eigenvalue weighted by Crippen LogP contribution is 2.25. The molecule has 0 unspecified atom stereocenters. The summed E-state index contributed by atoms with van der Waals surface area (Å²) in [6, 6.07) is 9.56. The molecule has 1 heterocycles. The van der Waals surface area contributed by atoms with Crippen molar-refractivity contribution in [1.82, 2.24) is 9.55 Å². The molecular weight excluding hydrogens is 284 g/mol. The number of nitrogens with zero attached hydrogens (tertiary/aromatic N) is 2. The summed E-state index contributed by atoms with van der Waals surface area (Å²) < 4.78 is 28.7. The molecule has 0 bridgehead atoms. The van der Waals surface area contributed by atoms with Crippen LogP contribution in [0.2, 0.25) is 5.02 Å². The van der Waals surface area contributed by atoms with Gasteiger partial charge in [-0.05, 0) is 23.8 Å². The summed E-state index contributed by atoms with van der Waals surface area (Å²) in [6.45, 7) is 0.225. The van der Waals surface area contributed by atoms with E-state index in [0.29, 0.717) is 10.5 Å². The summed E-state index contributed by atoms with van der Waals surface area (Å²) in [5.41, 5.74) is 6.90. The highest BCUT2D eigenvalue weighted by molar-refractivity contribution is 6.31. The zero-order valence-corrected chi connectivity index (χ0v) is 11.0. The van der Waals surface area contributed by atoms with Crippen LogP contribution in [-0.2, 0) is 6.54 Å². The number of nitrogens with two attached hydrogens (primary N) is 1. The molecule has 2 aromatic carbocycles. The van der Waals surface area contributed by atoms with Crippen molar-refractivity contribution in [2.24, 2.45) is 0 Å². The first-order valence-electron chi connectivity index (χ1n) is 5.91. The SMILES string of the molecule is Nc1nc2ccc(F)c(F)c2n1Cc1ccccc1Cl. The molecule has 0 saturated carbocycles.